The molecule has 1 saturated heterocycles. The monoisotopic (exact) mass is 204 g/mol. The molecule has 0 amide bonds. The Morgan fingerprint density at radius 3 is 2.87 bits per heavy atom. The molecule has 0 bridgehead atoms. The maximum Gasteiger partial charge on any atom is 0.0235 e. The Bertz CT molecular complexity index is 284. The molecule has 1 aliphatic rings. The van der Waals surface area contributed by atoms with Gasteiger partial charge >= 0.3 is 0 Å². The van der Waals surface area contributed by atoms with Gasteiger partial charge < -0.3 is 10.2 Å². The molecule has 1 N–H and O–H groups in total. The van der Waals surface area contributed by atoms with Crippen LogP contribution in [-0.4, -0.2) is 37.1 Å². The van der Waals surface area contributed by atoms with Crippen molar-refractivity contribution < 1.29 is 0 Å². The fraction of sp³-hybridized carbons (Fsp3) is 0.538. The van der Waals surface area contributed by atoms with Gasteiger partial charge in [-0.3, -0.25) is 0 Å². The maximum absolute atomic E-state index is 3.59. The largest absolute Gasteiger partial charge is 0.311 e. The first-order valence-corrected chi connectivity index (χ1v) is 5.88. The van der Waals surface area contributed by atoms with Crippen molar-refractivity contribution in [3.63, 3.8) is 0 Å². The van der Waals surface area contributed by atoms with Gasteiger partial charge in [0.05, 0.1) is 0 Å². The normalized spacial score (nSPS) is 22.9. The zero-order chi connectivity index (χ0) is 10.5. The summed E-state index contributed by atoms with van der Waals surface area (Å²) in [5.74, 6) is 0. The van der Waals surface area contributed by atoms with Gasteiger partial charge in [0, 0.05) is 25.7 Å². The van der Waals surface area contributed by atoms with Crippen LogP contribution in [0.15, 0.2) is 30.3 Å². The van der Waals surface area contributed by atoms with Crippen LogP contribution in [0.3, 0.4) is 0 Å². The lowest BCUT2D eigenvalue weighted by Crippen LogP contribution is -2.51. The summed E-state index contributed by atoms with van der Waals surface area (Å²) in [7, 11) is 0. The number of benzene rings is 1. The molecule has 0 spiro atoms. The van der Waals surface area contributed by atoms with Crippen LogP contribution in [0.25, 0.3) is 0 Å². The van der Waals surface area contributed by atoms with Crippen LogP contribution in [0.1, 0.15) is 12.5 Å². The number of nitrogens with zero attached hydrogens (tertiary/aromatic N) is 1. The number of hydrogen-bond donors (Lipinski definition) is 1. The molecule has 15 heavy (non-hydrogen) atoms. The Hall–Kier alpha value is -0.860. The van der Waals surface area contributed by atoms with Gasteiger partial charge in [-0.15, -0.1) is 0 Å². The minimum Gasteiger partial charge on any atom is -0.311 e. The molecule has 1 unspecified atom stereocenters. The van der Waals surface area contributed by atoms with Crippen LogP contribution in [0.5, 0.6) is 0 Å². The van der Waals surface area contributed by atoms with Crippen LogP contribution < -0.4 is 5.32 Å². The molecule has 0 saturated carbocycles. The summed E-state index contributed by atoms with van der Waals surface area (Å²) in [4.78, 5) is 2.52. The van der Waals surface area contributed by atoms with Crippen molar-refractivity contribution in [1.29, 1.82) is 0 Å². The molecule has 2 heteroatoms. The van der Waals surface area contributed by atoms with Crippen LogP contribution in [0, 0.1) is 0 Å². The molecule has 1 aromatic rings. The fourth-order valence-corrected chi connectivity index (χ4v) is 2.22. The molecule has 0 aromatic heterocycles. The second-order valence-electron chi connectivity index (χ2n) is 4.23. The average Bonchev–Trinajstić information content (AvgIpc) is 2.31. The molecule has 1 fully saturated rings. The van der Waals surface area contributed by atoms with Gasteiger partial charge in [0.2, 0.25) is 0 Å². The van der Waals surface area contributed by atoms with Crippen LogP contribution in [-0.2, 0) is 6.42 Å². The topological polar surface area (TPSA) is 15.3 Å². The van der Waals surface area contributed by atoms with Crippen molar-refractivity contribution in [2.75, 3.05) is 26.2 Å². The highest BCUT2D eigenvalue weighted by Gasteiger charge is 2.17. The number of likely N-dealkylation sites (N-methyl/N-ethyl adjacent to an activating group) is 1. The first kappa shape index (κ1) is 10.7. The highest BCUT2D eigenvalue weighted by molar-refractivity contribution is 5.16. The Balaban J connectivity index is 1.89. The first-order valence-electron chi connectivity index (χ1n) is 5.88. The predicted octanol–water partition coefficient (Wildman–Crippen LogP) is 1.52. The van der Waals surface area contributed by atoms with E-state index in [1.807, 2.05) is 0 Å². The number of rotatable bonds is 3. The van der Waals surface area contributed by atoms with Gasteiger partial charge in [0.15, 0.2) is 0 Å². The summed E-state index contributed by atoms with van der Waals surface area (Å²) in [6, 6.07) is 11.4. The standard InChI is InChI=1S/C13H20N2/c1-2-15-9-8-14-13(11-15)10-12-6-4-3-5-7-12/h3-7,13-14H,2,8-11H2,1H3. The van der Waals surface area contributed by atoms with Crippen LogP contribution in [0.4, 0.5) is 0 Å². The molecule has 2 rings (SSSR count). The molecular weight excluding hydrogens is 184 g/mol. The summed E-state index contributed by atoms with van der Waals surface area (Å²) in [6.07, 6.45) is 1.15. The SMILES string of the molecule is CCN1CCNC(Cc2ccccc2)C1. The maximum atomic E-state index is 3.59. The van der Waals surface area contributed by atoms with Gasteiger partial charge in [0.25, 0.3) is 0 Å². The molecule has 1 aromatic carbocycles. The Kier molecular flexibility index (Phi) is 3.75. The lowest BCUT2D eigenvalue weighted by Gasteiger charge is -2.33. The summed E-state index contributed by atoms with van der Waals surface area (Å²) in [5, 5.41) is 3.59. The van der Waals surface area contributed by atoms with E-state index in [1.165, 1.54) is 25.2 Å². The van der Waals surface area contributed by atoms with Crippen molar-refractivity contribution in [2.45, 2.75) is 19.4 Å². The minimum absolute atomic E-state index is 0.626. The molecule has 1 atom stereocenters. The Labute approximate surface area is 92.3 Å². The van der Waals surface area contributed by atoms with Crippen LogP contribution >= 0.6 is 0 Å². The lowest BCUT2D eigenvalue weighted by molar-refractivity contribution is 0.208. The zero-order valence-corrected chi connectivity index (χ0v) is 9.45. The highest BCUT2D eigenvalue weighted by Crippen LogP contribution is 2.07. The molecule has 2 nitrogen and oxygen atoms in total. The predicted molar refractivity (Wildman–Crippen MR) is 64.1 cm³/mol. The third-order valence-corrected chi connectivity index (χ3v) is 3.11. The van der Waals surface area contributed by atoms with Crippen molar-refractivity contribution in [3.05, 3.63) is 35.9 Å². The quantitative estimate of drug-likeness (QED) is 0.803. The van der Waals surface area contributed by atoms with Crippen molar-refractivity contribution in [1.82, 2.24) is 10.2 Å². The number of nitrogens with one attached hydrogen (secondary N) is 1. The average molecular weight is 204 g/mol. The van der Waals surface area contributed by atoms with Crippen molar-refractivity contribution in [2.24, 2.45) is 0 Å². The van der Waals surface area contributed by atoms with Crippen LogP contribution in [0.2, 0.25) is 0 Å². The third-order valence-electron chi connectivity index (χ3n) is 3.11. The number of hydrogen-bond acceptors (Lipinski definition) is 2. The molecular formula is C13H20N2. The van der Waals surface area contributed by atoms with E-state index < -0.39 is 0 Å². The summed E-state index contributed by atoms with van der Waals surface area (Å²) in [5.41, 5.74) is 1.44. The molecule has 0 aliphatic carbocycles. The van der Waals surface area contributed by atoms with E-state index in [0.29, 0.717) is 6.04 Å². The summed E-state index contributed by atoms with van der Waals surface area (Å²) >= 11 is 0. The fourth-order valence-electron chi connectivity index (χ4n) is 2.22. The lowest BCUT2D eigenvalue weighted by atomic mass is 10.0. The van der Waals surface area contributed by atoms with Gasteiger partial charge in [-0.25, -0.2) is 0 Å². The van der Waals surface area contributed by atoms with Crippen molar-refractivity contribution in [3.8, 4) is 0 Å². The van der Waals surface area contributed by atoms with Gasteiger partial charge in [-0.05, 0) is 18.5 Å². The first-order chi connectivity index (χ1) is 7.38. The van der Waals surface area contributed by atoms with E-state index in [-0.39, 0.29) is 0 Å². The Morgan fingerprint density at radius 1 is 1.33 bits per heavy atom. The molecule has 82 valence electrons. The third kappa shape index (κ3) is 3.05. The molecule has 1 aliphatic heterocycles. The Morgan fingerprint density at radius 2 is 2.13 bits per heavy atom. The van der Waals surface area contributed by atoms with E-state index in [0.717, 1.165) is 13.0 Å². The van der Waals surface area contributed by atoms with Crippen molar-refractivity contribution >= 4 is 0 Å². The number of piperazine rings is 1. The zero-order valence-electron chi connectivity index (χ0n) is 9.45. The molecule has 1 heterocycles. The van der Waals surface area contributed by atoms with Gasteiger partial charge in [-0.1, -0.05) is 37.3 Å². The van der Waals surface area contributed by atoms with E-state index in [4.69, 9.17) is 0 Å². The van der Waals surface area contributed by atoms with E-state index in [2.05, 4.69) is 47.5 Å². The van der Waals surface area contributed by atoms with Gasteiger partial charge in [-0.2, -0.15) is 0 Å². The second kappa shape index (κ2) is 5.29. The van der Waals surface area contributed by atoms with E-state index in [1.54, 1.807) is 0 Å². The second-order valence-corrected chi connectivity index (χ2v) is 4.23. The van der Waals surface area contributed by atoms with E-state index >= 15 is 0 Å². The summed E-state index contributed by atoms with van der Waals surface area (Å²) in [6.45, 7) is 6.93. The minimum atomic E-state index is 0.626. The van der Waals surface area contributed by atoms with Gasteiger partial charge in [0.1, 0.15) is 0 Å². The van der Waals surface area contributed by atoms with E-state index in [9.17, 15) is 0 Å². The summed E-state index contributed by atoms with van der Waals surface area (Å²) < 4.78 is 0. The molecule has 0 radical (unpaired) electrons. The highest BCUT2D eigenvalue weighted by atomic mass is 15.2. The smallest absolute Gasteiger partial charge is 0.0235 e.